The smallest absolute Gasteiger partial charge is 0.207 e. The normalized spacial score (nSPS) is 25.3. The molecule has 0 bridgehead atoms. The summed E-state index contributed by atoms with van der Waals surface area (Å²) in [5.74, 6) is 0. The van der Waals surface area contributed by atoms with Crippen LogP contribution in [0.5, 0.6) is 0 Å². The van der Waals surface area contributed by atoms with E-state index in [0.717, 1.165) is 42.6 Å². The van der Waals surface area contributed by atoms with E-state index in [2.05, 4.69) is 4.72 Å². The Hall–Kier alpha value is 0.190. The van der Waals surface area contributed by atoms with Gasteiger partial charge in [0, 0.05) is 11.4 Å². The molecular formula is C11H15Cl2NO2S2. The highest BCUT2D eigenvalue weighted by Crippen LogP contribution is 2.31. The number of rotatable bonds is 3. The minimum Gasteiger partial charge on any atom is -0.207 e. The molecule has 0 atom stereocenters. The molecule has 1 aromatic heterocycles. The number of nitrogens with one attached hydrogen (secondary N) is 1. The lowest BCUT2D eigenvalue weighted by Crippen LogP contribution is -2.37. The van der Waals surface area contributed by atoms with Crippen molar-refractivity contribution in [1.29, 1.82) is 0 Å². The van der Waals surface area contributed by atoms with Gasteiger partial charge in [-0.2, -0.15) is 0 Å². The summed E-state index contributed by atoms with van der Waals surface area (Å²) in [5, 5.41) is 0.184. The predicted molar refractivity (Wildman–Crippen MR) is 76.3 cm³/mol. The molecule has 1 N–H and O–H groups in total. The summed E-state index contributed by atoms with van der Waals surface area (Å²) < 4.78 is 27.9. The van der Waals surface area contributed by atoms with Crippen LogP contribution in [-0.2, 0) is 10.0 Å². The zero-order valence-corrected chi connectivity index (χ0v) is 13.1. The molecule has 0 aromatic carbocycles. The van der Waals surface area contributed by atoms with Gasteiger partial charge >= 0.3 is 0 Å². The van der Waals surface area contributed by atoms with Crippen molar-refractivity contribution in [3.8, 4) is 0 Å². The summed E-state index contributed by atoms with van der Waals surface area (Å²) in [5.41, 5.74) is 0.798. The largest absolute Gasteiger partial charge is 0.250 e. The molecule has 0 unspecified atom stereocenters. The number of hydrogen-bond donors (Lipinski definition) is 1. The van der Waals surface area contributed by atoms with E-state index >= 15 is 0 Å². The molecule has 3 nitrogen and oxygen atoms in total. The lowest BCUT2D eigenvalue weighted by molar-refractivity contribution is 0.417. The van der Waals surface area contributed by atoms with Crippen LogP contribution < -0.4 is 4.72 Å². The average molecular weight is 328 g/mol. The molecule has 0 spiro atoms. The zero-order valence-electron chi connectivity index (χ0n) is 9.95. The Morgan fingerprint density at radius 3 is 2.44 bits per heavy atom. The average Bonchev–Trinajstić information content (AvgIpc) is 2.63. The van der Waals surface area contributed by atoms with Crippen LogP contribution in [0.2, 0.25) is 4.34 Å². The molecular weight excluding hydrogens is 313 g/mol. The van der Waals surface area contributed by atoms with Gasteiger partial charge in [0.1, 0.15) is 4.21 Å². The van der Waals surface area contributed by atoms with Crippen LogP contribution in [0.3, 0.4) is 0 Å². The monoisotopic (exact) mass is 327 g/mol. The topological polar surface area (TPSA) is 46.2 Å². The highest BCUT2D eigenvalue weighted by molar-refractivity contribution is 7.91. The van der Waals surface area contributed by atoms with Gasteiger partial charge in [0.25, 0.3) is 0 Å². The molecule has 1 saturated carbocycles. The third-order valence-corrected chi connectivity index (χ3v) is 7.06. The molecule has 0 aliphatic heterocycles. The Bertz CT molecular complexity index is 500. The zero-order chi connectivity index (χ0) is 13.3. The molecule has 0 saturated heterocycles. The molecule has 7 heteroatoms. The van der Waals surface area contributed by atoms with E-state index in [0.29, 0.717) is 4.34 Å². The standard InChI is InChI=1S/C11H15Cl2NO2S2/c1-7-6-10(17-11(7)13)18(15,16)14-9-4-2-8(12)3-5-9/h6,8-9,14H,2-5H2,1H3. The molecule has 0 radical (unpaired) electrons. The highest BCUT2D eigenvalue weighted by atomic mass is 35.5. The van der Waals surface area contributed by atoms with Gasteiger partial charge in [0.2, 0.25) is 10.0 Å². The maximum Gasteiger partial charge on any atom is 0.250 e. The van der Waals surface area contributed by atoms with Crippen molar-refractivity contribution in [3.63, 3.8) is 0 Å². The van der Waals surface area contributed by atoms with Gasteiger partial charge in [-0.3, -0.25) is 0 Å². The van der Waals surface area contributed by atoms with Gasteiger partial charge in [-0.05, 0) is 44.2 Å². The Balaban J connectivity index is 2.08. The number of thiophene rings is 1. The summed E-state index contributed by atoms with van der Waals surface area (Å²) in [6.07, 6.45) is 3.31. The highest BCUT2D eigenvalue weighted by Gasteiger charge is 2.26. The summed E-state index contributed by atoms with van der Waals surface area (Å²) in [6.45, 7) is 1.80. The summed E-state index contributed by atoms with van der Waals surface area (Å²) in [6, 6.07) is 1.61. The van der Waals surface area contributed by atoms with Crippen LogP contribution in [0.25, 0.3) is 0 Å². The number of hydrogen-bond acceptors (Lipinski definition) is 3. The molecule has 18 heavy (non-hydrogen) atoms. The first-order chi connectivity index (χ1) is 8.38. The van der Waals surface area contributed by atoms with Crippen LogP contribution in [-0.4, -0.2) is 19.8 Å². The van der Waals surface area contributed by atoms with Gasteiger partial charge in [0.15, 0.2) is 0 Å². The maximum absolute atomic E-state index is 12.2. The molecule has 1 fully saturated rings. The fourth-order valence-corrected chi connectivity index (χ4v) is 5.29. The SMILES string of the molecule is Cc1cc(S(=O)(=O)NC2CCC(Cl)CC2)sc1Cl. The van der Waals surface area contributed by atoms with Crippen molar-refractivity contribution in [2.45, 2.75) is 48.2 Å². The van der Waals surface area contributed by atoms with Gasteiger partial charge in [-0.15, -0.1) is 22.9 Å². The molecule has 102 valence electrons. The Morgan fingerprint density at radius 2 is 1.94 bits per heavy atom. The number of aryl methyl sites for hydroxylation is 1. The minimum absolute atomic E-state index is 0.00817. The first-order valence-corrected chi connectivity index (χ1v) is 8.92. The molecule has 2 rings (SSSR count). The minimum atomic E-state index is -3.44. The molecule has 1 aromatic rings. The summed E-state index contributed by atoms with van der Waals surface area (Å²) in [7, 11) is -3.44. The van der Waals surface area contributed by atoms with Crippen molar-refractivity contribution in [3.05, 3.63) is 16.0 Å². The van der Waals surface area contributed by atoms with Gasteiger partial charge in [-0.1, -0.05) is 11.6 Å². The van der Waals surface area contributed by atoms with E-state index in [9.17, 15) is 8.42 Å². The van der Waals surface area contributed by atoms with Crippen LogP contribution in [0.1, 0.15) is 31.2 Å². The van der Waals surface area contributed by atoms with E-state index in [1.54, 1.807) is 13.0 Å². The van der Waals surface area contributed by atoms with E-state index in [4.69, 9.17) is 23.2 Å². The fourth-order valence-electron chi connectivity index (χ4n) is 2.01. The fraction of sp³-hybridized carbons (Fsp3) is 0.636. The second-order valence-corrected chi connectivity index (χ2v) is 8.80. The van der Waals surface area contributed by atoms with Crippen LogP contribution in [0, 0.1) is 6.92 Å². The Kier molecular flexibility index (Phi) is 4.60. The van der Waals surface area contributed by atoms with Gasteiger partial charge in [-0.25, -0.2) is 13.1 Å². The first-order valence-electron chi connectivity index (χ1n) is 5.81. The van der Waals surface area contributed by atoms with Crippen molar-refractivity contribution < 1.29 is 8.42 Å². The van der Waals surface area contributed by atoms with Gasteiger partial charge < -0.3 is 0 Å². The van der Waals surface area contributed by atoms with Crippen LogP contribution in [0.15, 0.2) is 10.3 Å². The third-order valence-electron chi connectivity index (χ3n) is 3.08. The molecule has 1 aliphatic rings. The van der Waals surface area contributed by atoms with E-state index in [1.807, 2.05) is 0 Å². The molecule has 1 aliphatic carbocycles. The van der Waals surface area contributed by atoms with E-state index in [1.165, 1.54) is 0 Å². The summed E-state index contributed by atoms with van der Waals surface area (Å²) >= 11 is 13.0. The van der Waals surface area contributed by atoms with Gasteiger partial charge in [0.05, 0.1) is 4.34 Å². The number of halogens is 2. The second kappa shape index (κ2) is 5.67. The Labute approximate surface area is 122 Å². The van der Waals surface area contributed by atoms with Crippen LogP contribution >= 0.6 is 34.5 Å². The number of sulfonamides is 1. The third kappa shape index (κ3) is 3.39. The van der Waals surface area contributed by atoms with Crippen LogP contribution in [0.4, 0.5) is 0 Å². The summed E-state index contributed by atoms with van der Waals surface area (Å²) in [4.78, 5) is 0. The van der Waals surface area contributed by atoms with Crippen molar-refractivity contribution in [2.24, 2.45) is 0 Å². The van der Waals surface area contributed by atoms with E-state index < -0.39 is 10.0 Å². The molecule has 0 amide bonds. The number of alkyl halides is 1. The first kappa shape index (κ1) is 14.6. The second-order valence-electron chi connectivity index (χ2n) is 4.59. The van der Waals surface area contributed by atoms with Crippen molar-refractivity contribution >= 4 is 44.6 Å². The quantitative estimate of drug-likeness (QED) is 0.863. The predicted octanol–water partition coefficient (Wildman–Crippen LogP) is 3.54. The van der Waals surface area contributed by atoms with Crippen molar-refractivity contribution in [2.75, 3.05) is 0 Å². The van der Waals surface area contributed by atoms with Crippen molar-refractivity contribution in [1.82, 2.24) is 4.72 Å². The molecule has 1 heterocycles. The lowest BCUT2D eigenvalue weighted by Gasteiger charge is -2.25. The maximum atomic E-state index is 12.2. The lowest BCUT2D eigenvalue weighted by atomic mass is 9.96. The van der Waals surface area contributed by atoms with E-state index in [-0.39, 0.29) is 15.6 Å². The Morgan fingerprint density at radius 1 is 1.33 bits per heavy atom.